The maximum absolute atomic E-state index is 15.2. The lowest BCUT2D eigenvalue weighted by molar-refractivity contribution is 0.244. The summed E-state index contributed by atoms with van der Waals surface area (Å²) >= 11 is 0. The van der Waals surface area contributed by atoms with Gasteiger partial charge in [-0.05, 0) is 75.3 Å². The van der Waals surface area contributed by atoms with E-state index in [1.54, 1.807) is 18.2 Å². The van der Waals surface area contributed by atoms with Crippen molar-refractivity contribution in [3.63, 3.8) is 0 Å². The largest absolute Gasteiger partial charge is 0.361 e. The van der Waals surface area contributed by atoms with Gasteiger partial charge in [0.25, 0.3) is 0 Å². The second-order valence-corrected chi connectivity index (χ2v) is 11.6. The number of rotatable bonds is 10. The summed E-state index contributed by atoms with van der Waals surface area (Å²) in [6.45, 7) is 1.64. The molecule has 2 aromatic rings. The Labute approximate surface area is 230 Å². The number of hydrogen-bond donors (Lipinski definition) is 5. The van der Waals surface area contributed by atoms with Gasteiger partial charge in [0.05, 0.1) is 17.3 Å². The molecule has 0 aromatic heterocycles. The molecule has 2 amide bonds. The molecule has 0 aliphatic carbocycles. The van der Waals surface area contributed by atoms with Gasteiger partial charge in [0.2, 0.25) is 10.0 Å². The smallest absolute Gasteiger partial charge is 0.327 e. The number of halogens is 3. The van der Waals surface area contributed by atoms with Gasteiger partial charge in [-0.1, -0.05) is 6.07 Å². The highest BCUT2D eigenvalue weighted by molar-refractivity contribution is 7.89. The highest BCUT2D eigenvalue weighted by Crippen LogP contribution is 2.30. The number of alkyl halides is 1. The van der Waals surface area contributed by atoms with E-state index in [1.165, 1.54) is 29.3 Å². The quantitative estimate of drug-likeness (QED) is 0.278. The summed E-state index contributed by atoms with van der Waals surface area (Å²) in [7, 11) is -3.89. The van der Waals surface area contributed by atoms with E-state index >= 15 is 4.39 Å². The zero-order valence-corrected chi connectivity index (χ0v) is 22.5. The second-order valence-electron chi connectivity index (χ2n) is 9.87. The zero-order valence-electron chi connectivity index (χ0n) is 21.6. The van der Waals surface area contributed by atoms with Crippen molar-refractivity contribution >= 4 is 27.4 Å². The van der Waals surface area contributed by atoms with Crippen molar-refractivity contribution in [3.05, 3.63) is 77.0 Å². The molecule has 3 heterocycles. The average Bonchev–Trinajstić information content (AvgIpc) is 3.34. The van der Waals surface area contributed by atoms with Gasteiger partial charge in [0.15, 0.2) is 0 Å². The van der Waals surface area contributed by atoms with Gasteiger partial charge in [0, 0.05) is 41.2 Å². The van der Waals surface area contributed by atoms with Crippen LogP contribution in [0.1, 0.15) is 30.4 Å². The van der Waals surface area contributed by atoms with Crippen LogP contribution >= 0.6 is 0 Å². The molecule has 1 saturated heterocycles. The van der Waals surface area contributed by atoms with E-state index in [0.717, 1.165) is 6.07 Å². The summed E-state index contributed by atoms with van der Waals surface area (Å²) < 4.78 is 70.3. The van der Waals surface area contributed by atoms with Gasteiger partial charge in [0.1, 0.15) is 17.8 Å². The number of anilines is 1. The van der Waals surface area contributed by atoms with E-state index in [1.807, 2.05) is 0 Å². The fraction of sp³-hybridized carbons (Fsp3) is 0.370. The van der Waals surface area contributed by atoms with Crippen molar-refractivity contribution in [2.24, 2.45) is 0 Å². The van der Waals surface area contributed by atoms with Gasteiger partial charge in [-0.15, -0.1) is 0 Å². The third-order valence-electron chi connectivity index (χ3n) is 7.03. The number of nitrogens with one attached hydrogen (secondary N) is 5. The van der Waals surface area contributed by atoms with Crippen LogP contribution in [0.5, 0.6) is 0 Å². The first kappa shape index (κ1) is 28.1. The third kappa shape index (κ3) is 6.17. The minimum absolute atomic E-state index is 0.146. The lowest BCUT2D eigenvalue weighted by atomic mass is 10.1. The zero-order chi connectivity index (χ0) is 28.3. The standard InChI is InChI=1S/C27H31F3N6O3S/c28-8-1-9-32-15-17-2-3-20(13-23(17)29)36-16-18-12-25(33-26(18)34-27(36)37)22-5-4-21(14-24(22)30)40(38,39)35-19-6-10-31-11-7-19/h2-5,12-14,16,19,26,31-33,35H,1,6-11,15H2,(H,34,37). The molecule has 40 heavy (non-hydrogen) atoms. The van der Waals surface area contributed by atoms with E-state index in [9.17, 15) is 22.0 Å². The van der Waals surface area contributed by atoms with Crippen LogP contribution in [0, 0.1) is 11.6 Å². The summed E-state index contributed by atoms with van der Waals surface area (Å²) in [5.74, 6) is -1.24. The van der Waals surface area contributed by atoms with Crippen molar-refractivity contribution in [1.29, 1.82) is 0 Å². The van der Waals surface area contributed by atoms with Crippen LogP contribution in [-0.2, 0) is 16.6 Å². The summed E-state index contributed by atoms with van der Waals surface area (Å²) in [6, 6.07) is 7.42. The second kappa shape index (κ2) is 12.0. The molecule has 3 aliphatic rings. The molecule has 5 N–H and O–H groups in total. The Bertz CT molecular complexity index is 1440. The first-order chi connectivity index (χ1) is 19.2. The van der Waals surface area contributed by atoms with Crippen molar-refractivity contribution in [3.8, 4) is 0 Å². The molecule has 3 aliphatic heterocycles. The van der Waals surface area contributed by atoms with E-state index in [2.05, 4.69) is 26.0 Å². The van der Waals surface area contributed by atoms with E-state index in [-0.39, 0.29) is 23.0 Å². The van der Waals surface area contributed by atoms with E-state index < -0.39 is 40.5 Å². The fourth-order valence-corrected chi connectivity index (χ4v) is 6.18. The topological polar surface area (TPSA) is 115 Å². The van der Waals surface area contributed by atoms with Gasteiger partial charge in [-0.25, -0.2) is 26.7 Å². The maximum atomic E-state index is 15.2. The van der Waals surface area contributed by atoms with Crippen LogP contribution in [0.25, 0.3) is 5.70 Å². The third-order valence-corrected chi connectivity index (χ3v) is 8.55. The summed E-state index contributed by atoms with van der Waals surface area (Å²) in [5.41, 5.74) is 1.81. The molecule has 1 atom stereocenters. The normalized spacial score (nSPS) is 19.5. The maximum Gasteiger partial charge on any atom is 0.327 e. The van der Waals surface area contributed by atoms with Gasteiger partial charge in [-0.3, -0.25) is 9.29 Å². The first-order valence-corrected chi connectivity index (χ1v) is 14.6. The van der Waals surface area contributed by atoms with Crippen molar-refractivity contribution < 1.29 is 26.4 Å². The molecule has 1 fully saturated rings. The van der Waals surface area contributed by atoms with Crippen LogP contribution in [0.2, 0.25) is 0 Å². The molecule has 13 heteroatoms. The van der Waals surface area contributed by atoms with Crippen molar-refractivity contribution in [2.45, 2.75) is 42.9 Å². The number of sulfonamides is 1. The highest BCUT2D eigenvalue weighted by atomic mass is 32.2. The molecule has 214 valence electrons. The molecule has 0 radical (unpaired) electrons. The number of fused-ring (bicyclic) bond motifs is 1. The molecule has 9 nitrogen and oxygen atoms in total. The molecule has 2 aromatic carbocycles. The fourth-order valence-electron chi connectivity index (χ4n) is 4.86. The lowest BCUT2D eigenvalue weighted by Crippen LogP contribution is -2.51. The first-order valence-electron chi connectivity index (χ1n) is 13.1. The van der Waals surface area contributed by atoms with Gasteiger partial charge >= 0.3 is 6.03 Å². The Balaban J connectivity index is 1.31. The molecule has 0 saturated carbocycles. The Hall–Kier alpha value is -3.39. The molecule has 5 rings (SSSR count). The van der Waals surface area contributed by atoms with Gasteiger partial charge < -0.3 is 21.3 Å². The van der Waals surface area contributed by atoms with E-state index in [0.29, 0.717) is 61.4 Å². The Morgan fingerprint density at radius 2 is 1.82 bits per heavy atom. The molecule has 1 unspecified atom stereocenters. The van der Waals surface area contributed by atoms with Crippen LogP contribution < -0.4 is 30.9 Å². The number of hydrogen-bond acceptors (Lipinski definition) is 6. The van der Waals surface area contributed by atoms with Crippen LogP contribution in [0.3, 0.4) is 0 Å². The number of piperidine rings is 1. The molecular formula is C27H31F3N6O3S. The van der Waals surface area contributed by atoms with Crippen LogP contribution in [0.4, 0.5) is 23.7 Å². The summed E-state index contributed by atoms with van der Waals surface area (Å²) in [6.07, 6.45) is 4.21. The average molecular weight is 577 g/mol. The Morgan fingerprint density at radius 3 is 2.55 bits per heavy atom. The van der Waals surface area contributed by atoms with Crippen LogP contribution in [-0.4, -0.2) is 53.0 Å². The minimum atomic E-state index is -3.89. The number of carbonyl (C=O) groups excluding carboxylic acids is 1. The molecular weight excluding hydrogens is 545 g/mol. The number of amides is 2. The predicted molar refractivity (Wildman–Crippen MR) is 145 cm³/mol. The van der Waals surface area contributed by atoms with E-state index in [4.69, 9.17) is 0 Å². The van der Waals surface area contributed by atoms with Crippen molar-refractivity contribution in [2.75, 3.05) is 31.2 Å². The number of urea groups is 1. The SMILES string of the molecule is O=C1NC2NC(c3ccc(S(=O)(=O)NC4CCNCC4)cc3F)=CC2=CN1c1ccc(CNCCCF)c(F)c1. The molecule has 0 bridgehead atoms. The van der Waals surface area contributed by atoms with Crippen LogP contribution in [0.15, 0.2) is 59.1 Å². The predicted octanol–water partition coefficient (Wildman–Crippen LogP) is 2.83. The monoisotopic (exact) mass is 576 g/mol. The Kier molecular flexibility index (Phi) is 8.45. The number of nitrogens with zero attached hydrogens (tertiary/aromatic N) is 1. The van der Waals surface area contributed by atoms with Gasteiger partial charge in [-0.2, -0.15) is 0 Å². The molecule has 0 spiro atoms. The Morgan fingerprint density at radius 1 is 1.02 bits per heavy atom. The number of benzene rings is 2. The summed E-state index contributed by atoms with van der Waals surface area (Å²) in [4.78, 5) is 13.9. The summed E-state index contributed by atoms with van der Waals surface area (Å²) in [5, 5.41) is 11.9. The minimum Gasteiger partial charge on any atom is -0.361 e. The number of carbonyl (C=O) groups is 1. The highest BCUT2D eigenvalue weighted by Gasteiger charge is 2.32. The van der Waals surface area contributed by atoms with Crippen molar-refractivity contribution in [1.82, 2.24) is 26.0 Å². The lowest BCUT2D eigenvalue weighted by Gasteiger charge is -2.29.